The standard InChI is InChI=1S/C23H22N2O3S/c1-4-28-19-12-10-18(11-13-19)25-21(26)20-15(2)16(3)29-22(20)24(23(25)27)14-17-8-6-5-7-9-17/h5-13H,4,14H2,1-3H3. The summed E-state index contributed by atoms with van der Waals surface area (Å²) in [5, 5.41) is 0.608. The first-order valence-electron chi connectivity index (χ1n) is 9.54. The third-order valence-corrected chi connectivity index (χ3v) is 6.27. The van der Waals surface area contributed by atoms with Crippen LogP contribution < -0.4 is 16.0 Å². The van der Waals surface area contributed by atoms with Crippen molar-refractivity contribution in [2.45, 2.75) is 27.3 Å². The summed E-state index contributed by atoms with van der Waals surface area (Å²) in [5.41, 5.74) is 1.86. The minimum absolute atomic E-state index is 0.277. The first-order chi connectivity index (χ1) is 14.0. The first kappa shape index (κ1) is 19.2. The summed E-state index contributed by atoms with van der Waals surface area (Å²) in [6.07, 6.45) is 0. The summed E-state index contributed by atoms with van der Waals surface area (Å²) in [4.78, 5) is 28.5. The Kier molecular flexibility index (Phi) is 5.11. The van der Waals surface area contributed by atoms with Crippen LogP contribution in [0.15, 0.2) is 64.2 Å². The number of aromatic nitrogens is 2. The lowest BCUT2D eigenvalue weighted by Crippen LogP contribution is -2.38. The summed E-state index contributed by atoms with van der Waals surface area (Å²) in [6, 6.07) is 16.9. The molecule has 6 heteroatoms. The molecule has 0 fully saturated rings. The molecule has 0 aliphatic rings. The van der Waals surface area contributed by atoms with E-state index in [2.05, 4.69) is 0 Å². The van der Waals surface area contributed by atoms with Crippen molar-refractivity contribution in [2.75, 3.05) is 6.61 Å². The highest BCUT2D eigenvalue weighted by Gasteiger charge is 2.19. The van der Waals surface area contributed by atoms with E-state index in [1.54, 1.807) is 28.8 Å². The molecule has 29 heavy (non-hydrogen) atoms. The molecule has 4 aromatic rings. The van der Waals surface area contributed by atoms with Gasteiger partial charge in [-0.1, -0.05) is 30.3 Å². The van der Waals surface area contributed by atoms with E-state index in [0.29, 0.717) is 30.0 Å². The lowest BCUT2D eigenvalue weighted by molar-refractivity contribution is 0.340. The fraction of sp³-hybridized carbons (Fsp3) is 0.217. The Morgan fingerprint density at radius 1 is 0.966 bits per heavy atom. The number of hydrogen-bond acceptors (Lipinski definition) is 4. The van der Waals surface area contributed by atoms with Crippen molar-refractivity contribution >= 4 is 21.6 Å². The number of thiophene rings is 1. The van der Waals surface area contributed by atoms with Gasteiger partial charge in [-0.05, 0) is 56.2 Å². The van der Waals surface area contributed by atoms with Crippen LogP contribution in [0.2, 0.25) is 0 Å². The molecule has 0 amide bonds. The van der Waals surface area contributed by atoms with Crippen LogP contribution in [0.4, 0.5) is 0 Å². The van der Waals surface area contributed by atoms with Crippen LogP contribution in [-0.4, -0.2) is 15.7 Å². The topological polar surface area (TPSA) is 53.2 Å². The fourth-order valence-corrected chi connectivity index (χ4v) is 4.59. The summed E-state index contributed by atoms with van der Waals surface area (Å²) in [7, 11) is 0. The zero-order valence-electron chi connectivity index (χ0n) is 16.6. The highest BCUT2D eigenvalue weighted by atomic mass is 32.1. The molecule has 2 aromatic heterocycles. The van der Waals surface area contributed by atoms with E-state index in [0.717, 1.165) is 20.8 Å². The van der Waals surface area contributed by atoms with Gasteiger partial charge in [0.05, 0.1) is 24.2 Å². The molecule has 0 unspecified atom stereocenters. The summed E-state index contributed by atoms with van der Waals surface area (Å²) in [5.74, 6) is 0.706. The van der Waals surface area contributed by atoms with Crippen molar-refractivity contribution in [3.8, 4) is 11.4 Å². The first-order valence-corrected chi connectivity index (χ1v) is 10.4. The Hall–Kier alpha value is -3.12. The molecule has 0 aliphatic heterocycles. The lowest BCUT2D eigenvalue weighted by atomic mass is 10.2. The molecule has 148 valence electrons. The number of benzene rings is 2. The summed E-state index contributed by atoms with van der Waals surface area (Å²) in [6.45, 7) is 6.80. The molecule has 0 saturated carbocycles. The van der Waals surface area contributed by atoms with Gasteiger partial charge < -0.3 is 4.74 Å². The molecule has 0 N–H and O–H groups in total. The number of aryl methyl sites for hydroxylation is 2. The van der Waals surface area contributed by atoms with Crippen LogP contribution >= 0.6 is 11.3 Å². The monoisotopic (exact) mass is 406 g/mol. The third-order valence-electron chi connectivity index (χ3n) is 5.04. The van der Waals surface area contributed by atoms with Crippen LogP contribution in [0.1, 0.15) is 22.9 Å². The predicted molar refractivity (Wildman–Crippen MR) is 118 cm³/mol. The van der Waals surface area contributed by atoms with Gasteiger partial charge in [0, 0.05) is 4.88 Å². The van der Waals surface area contributed by atoms with Gasteiger partial charge in [0.25, 0.3) is 5.56 Å². The number of nitrogens with zero attached hydrogens (tertiary/aromatic N) is 2. The van der Waals surface area contributed by atoms with E-state index >= 15 is 0 Å². The number of hydrogen-bond donors (Lipinski definition) is 0. The highest BCUT2D eigenvalue weighted by Crippen LogP contribution is 2.27. The molecule has 2 heterocycles. The molecular formula is C23H22N2O3S. The molecule has 2 aromatic carbocycles. The number of fused-ring (bicyclic) bond motifs is 1. The molecule has 4 rings (SSSR count). The molecule has 5 nitrogen and oxygen atoms in total. The summed E-state index contributed by atoms with van der Waals surface area (Å²) >= 11 is 1.50. The van der Waals surface area contributed by atoms with Gasteiger partial charge in [0.1, 0.15) is 10.6 Å². The Bertz CT molecular complexity index is 1280. The molecule has 0 radical (unpaired) electrons. The Morgan fingerprint density at radius 3 is 2.31 bits per heavy atom. The molecule has 0 saturated heterocycles. The second kappa shape index (κ2) is 7.72. The lowest BCUT2D eigenvalue weighted by Gasteiger charge is -2.13. The molecule has 0 bridgehead atoms. The SMILES string of the molecule is CCOc1ccc(-n2c(=O)c3c(C)c(C)sc3n(Cc3ccccc3)c2=O)cc1. The van der Waals surface area contributed by atoms with Crippen molar-refractivity contribution in [3.05, 3.63) is 91.4 Å². The van der Waals surface area contributed by atoms with E-state index in [1.165, 1.54) is 15.9 Å². The minimum Gasteiger partial charge on any atom is -0.494 e. The zero-order valence-corrected chi connectivity index (χ0v) is 17.5. The van der Waals surface area contributed by atoms with Crippen molar-refractivity contribution in [1.29, 1.82) is 0 Å². The van der Waals surface area contributed by atoms with E-state index in [-0.39, 0.29) is 11.2 Å². The van der Waals surface area contributed by atoms with Crippen molar-refractivity contribution in [2.24, 2.45) is 0 Å². The van der Waals surface area contributed by atoms with Crippen LogP contribution in [0.5, 0.6) is 5.75 Å². The zero-order chi connectivity index (χ0) is 20.5. The molecule has 0 aliphatic carbocycles. The van der Waals surface area contributed by atoms with Gasteiger partial charge in [0.2, 0.25) is 0 Å². The van der Waals surface area contributed by atoms with Gasteiger partial charge in [-0.25, -0.2) is 9.36 Å². The Balaban J connectivity index is 1.98. The van der Waals surface area contributed by atoms with Gasteiger partial charge in [0.15, 0.2) is 0 Å². The van der Waals surface area contributed by atoms with Crippen molar-refractivity contribution < 1.29 is 4.74 Å². The summed E-state index contributed by atoms with van der Waals surface area (Å²) < 4.78 is 8.45. The van der Waals surface area contributed by atoms with Crippen LogP contribution in [0.3, 0.4) is 0 Å². The molecule has 0 spiro atoms. The average Bonchev–Trinajstić information content (AvgIpc) is 3.02. The molecular weight excluding hydrogens is 384 g/mol. The van der Waals surface area contributed by atoms with Crippen molar-refractivity contribution in [1.82, 2.24) is 9.13 Å². The number of rotatable bonds is 5. The smallest absolute Gasteiger partial charge is 0.337 e. The van der Waals surface area contributed by atoms with Gasteiger partial charge >= 0.3 is 5.69 Å². The van der Waals surface area contributed by atoms with Gasteiger partial charge in [-0.3, -0.25) is 9.36 Å². The van der Waals surface area contributed by atoms with Gasteiger partial charge in [-0.15, -0.1) is 11.3 Å². The Morgan fingerprint density at radius 2 is 1.66 bits per heavy atom. The Labute approximate surface area is 172 Å². The predicted octanol–water partition coefficient (Wildman–Crippen LogP) is 4.28. The quantitative estimate of drug-likeness (QED) is 0.497. The van der Waals surface area contributed by atoms with E-state index < -0.39 is 0 Å². The highest BCUT2D eigenvalue weighted by molar-refractivity contribution is 7.18. The van der Waals surface area contributed by atoms with Crippen molar-refractivity contribution in [3.63, 3.8) is 0 Å². The van der Waals surface area contributed by atoms with Gasteiger partial charge in [-0.2, -0.15) is 0 Å². The maximum Gasteiger partial charge on any atom is 0.337 e. The van der Waals surface area contributed by atoms with E-state index in [4.69, 9.17) is 4.74 Å². The third kappa shape index (κ3) is 3.40. The van der Waals surface area contributed by atoms with Crippen LogP contribution in [-0.2, 0) is 6.54 Å². The van der Waals surface area contributed by atoms with Crippen LogP contribution in [0.25, 0.3) is 15.9 Å². The normalized spacial score (nSPS) is 11.1. The van der Waals surface area contributed by atoms with E-state index in [9.17, 15) is 9.59 Å². The second-order valence-electron chi connectivity index (χ2n) is 6.89. The molecule has 0 atom stereocenters. The second-order valence-corrected chi connectivity index (χ2v) is 8.09. The fourth-order valence-electron chi connectivity index (χ4n) is 3.45. The number of ether oxygens (including phenoxy) is 1. The van der Waals surface area contributed by atoms with Crippen LogP contribution in [0, 0.1) is 13.8 Å². The maximum atomic E-state index is 13.4. The van der Waals surface area contributed by atoms with E-state index in [1.807, 2.05) is 51.1 Å². The maximum absolute atomic E-state index is 13.4. The average molecular weight is 407 g/mol. The minimum atomic E-state index is -0.336. The largest absolute Gasteiger partial charge is 0.494 e.